The second-order valence-electron chi connectivity index (χ2n) is 7.09. The summed E-state index contributed by atoms with van der Waals surface area (Å²) in [5, 5.41) is 14.3. The van der Waals surface area contributed by atoms with Crippen molar-refractivity contribution in [3.05, 3.63) is 0 Å². The van der Waals surface area contributed by atoms with Crippen LogP contribution in [0.5, 0.6) is 0 Å². The predicted molar refractivity (Wildman–Crippen MR) is 76.2 cm³/mol. The summed E-state index contributed by atoms with van der Waals surface area (Å²) in [4.78, 5) is 0. The molecule has 1 spiro atoms. The summed E-state index contributed by atoms with van der Waals surface area (Å²) in [6, 6.07) is 0.557. The van der Waals surface area contributed by atoms with Gasteiger partial charge >= 0.3 is 0 Å². The van der Waals surface area contributed by atoms with Crippen molar-refractivity contribution in [1.82, 2.24) is 5.32 Å². The van der Waals surface area contributed by atoms with Crippen molar-refractivity contribution in [2.24, 2.45) is 0 Å². The minimum atomic E-state index is -0.443. The molecule has 3 fully saturated rings. The standard InChI is InChI=1S/C16H29NO2/c18-15(7-3-1-2-4-8-15)13-17-14-6-11-19-16(12-14)9-5-10-16/h14,17-18H,1-13H2. The van der Waals surface area contributed by atoms with Crippen molar-refractivity contribution >= 4 is 0 Å². The van der Waals surface area contributed by atoms with E-state index in [2.05, 4.69) is 5.32 Å². The Kier molecular flexibility index (Phi) is 4.16. The van der Waals surface area contributed by atoms with Crippen molar-refractivity contribution in [2.75, 3.05) is 13.2 Å². The molecule has 3 nitrogen and oxygen atoms in total. The molecule has 3 heteroatoms. The molecular formula is C16H29NO2. The van der Waals surface area contributed by atoms with Gasteiger partial charge in [0.2, 0.25) is 0 Å². The molecule has 0 radical (unpaired) electrons. The van der Waals surface area contributed by atoms with Crippen LogP contribution < -0.4 is 5.32 Å². The quantitative estimate of drug-likeness (QED) is 0.773. The van der Waals surface area contributed by atoms with Gasteiger partial charge in [-0.05, 0) is 44.9 Å². The minimum Gasteiger partial charge on any atom is -0.389 e. The molecule has 2 saturated carbocycles. The van der Waals surface area contributed by atoms with E-state index in [0.29, 0.717) is 6.04 Å². The molecule has 2 N–H and O–H groups in total. The zero-order valence-electron chi connectivity index (χ0n) is 12.1. The Hall–Kier alpha value is -0.120. The van der Waals surface area contributed by atoms with Gasteiger partial charge in [0.25, 0.3) is 0 Å². The van der Waals surface area contributed by atoms with Gasteiger partial charge in [0, 0.05) is 19.2 Å². The predicted octanol–water partition coefficient (Wildman–Crippen LogP) is 2.76. The Labute approximate surface area is 117 Å². The molecule has 110 valence electrons. The average Bonchev–Trinajstić information content (AvgIpc) is 2.61. The van der Waals surface area contributed by atoms with Crippen LogP contribution >= 0.6 is 0 Å². The highest BCUT2D eigenvalue weighted by molar-refractivity contribution is 4.97. The SMILES string of the molecule is OC1(CNC2CCOC3(CCC3)C2)CCCCCC1. The Morgan fingerprint density at radius 2 is 1.74 bits per heavy atom. The number of ether oxygens (including phenoxy) is 1. The monoisotopic (exact) mass is 267 g/mol. The van der Waals surface area contributed by atoms with Gasteiger partial charge < -0.3 is 15.2 Å². The molecule has 3 aliphatic rings. The summed E-state index contributed by atoms with van der Waals surface area (Å²) < 4.78 is 5.97. The molecule has 1 atom stereocenters. The Balaban J connectivity index is 1.48. The molecule has 1 heterocycles. The van der Waals surface area contributed by atoms with Crippen LogP contribution in [0.3, 0.4) is 0 Å². The van der Waals surface area contributed by atoms with Crippen molar-refractivity contribution in [2.45, 2.75) is 87.9 Å². The topological polar surface area (TPSA) is 41.5 Å². The summed E-state index contributed by atoms with van der Waals surface area (Å²) in [6.45, 7) is 1.68. The summed E-state index contributed by atoms with van der Waals surface area (Å²) in [5.74, 6) is 0. The molecule has 1 saturated heterocycles. The molecule has 0 aromatic carbocycles. The lowest BCUT2D eigenvalue weighted by molar-refractivity contribution is -0.137. The molecule has 1 unspecified atom stereocenters. The highest BCUT2D eigenvalue weighted by atomic mass is 16.5. The molecule has 1 aliphatic heterocycles. The lowest BCUT2D eigenvalue weighted by Gasteiger charge is -2.47. The molecular weight excluding hydrogens is 238 g/mol. The fraction of sp³-hybridized carbons (Fsp3) is 1.00. The van der Waals surface area contributed by atoms with Gasteiger partial charge in [0.1, 0.15) is 0 Å². The van der Waals surface area contributed by atoms with Crippen LogP contribution in [-0.4, -0.2) is 35.5 Å². The lowest BCUT2D eigenvalue weighted by atomic mass is 9.74. The molecule has 0 bridgehead atoms. The first-order valence-electron chi connectivity index (χ1n) is 8.30. The zero-order chi connectivity index (χ0) is 13.2. The maximum atomic E-state index is 10.7. The average molecular weight is 267 g/mol. The number of aliphatic hydroxyl groups is 1. The first-order chi connectivity index (χ1) is 9.20. The first kappa shape index (κ1) is 13.8. The van der Waals surface area contributed by atoms with Crippen molar-refractivity contribution in [3.8, 4) is 0 Å². The molecule has 0 aromatic heterocycles. The summed E-state index contributed by atoms with van der Waals surface area (Å²) >= 11 is 0. The second-order valence-corrected chi connectivity index (χ2v) is 7.09. The van der Waals surface area contributed by atoms with Crippen LogP contribution in [0.4, 0.5) is 0 Å². The largest absolute Gasteiger partial charge is 0.389 e. The van der Waals surface area contributed by atoms with Crippen molar-refractivity contribution in [1.29, 1.82) is 0 Å². The minimum absolute atomic E-state index is 0.210. The van der Waals surface area contributed by atoms with Crippen LogP contribution in [0.1, 0.15) is 70.6 Å². The van der Waals surface area contributed by atoms with Gasteiger partial charge in [-0.1, -0.05) is 25.7 Å². The Bertz CT molecular complexity index is 293. The van der Waals surface area contributed by atoms with E-state index in [0.717, 1.165) is 38.8 Å². The highest BCUT2D eigenvalue weighted by Crippen LogP contribution is 2.42. The summed E-state index contributed by atoms with van der Waals surface area (Å²) in [5.41, 5.74) is -0.233. The van der Waals surface area contributed by atoms with E-state index in [1.54, 1.807) is 0 Å². The molecule has 0 aromatic rings. The Morgan fingerprint density at radius 1 is 1.00 bits per heavy atom. The molecule has 2 aliphatic carbocycles. The molecule has 19 heavy (non-hydrogen) atoms. The van der Waals surface area contributed by atoms with E-state index in [-0.39, 0.29) is 5.60 Å². The summed E-state index contributed by atoms with van der Waals surface area (Å²) in [7, 11) is 0. The van der Waals surface area contributed by atoms with E-state index in [1.165, 1.54) is 44.9 Å². The van der Waals surface area contributed by atoms with Gasteiger partial charge in [0.15, 0.2) is 0 Å². The maximum absolute atomic E-state index is 10.7. The van der Waals surface area contributed by atoms with Crippen LogP contribution in [0.15, 0.2) is 0 Å². The third-order valence-electron chi connectivity index (χ3n) is 5.51. The third-order valence-corrected chi connectivity index (χ3v) is 5.51. The van der Waals surface area contributed by atoms with E-state index in [9.17, 15) is 5.11 Å². The zero-order valence-corrected chi connectivity index (χ0v) is 12.1. The fourth-order valence-corrected chi connectivity index (χ4v) is 4.02. The van der Waals surface area contributed by atoms with Gasteiger partial charge in [-0.15, -0.1) is 0 Å². The van der Waals surface area contributed by atoms with Gasteiger partial charge in [-0.3, -0.25) is 0 Å². The normalized spacial score (nSPS) is 33.6. The van der Waals surface area contributed by atoms with Crippen LogP contribution in [0.25, 0.3) is 0 Å². The van der Waals surface area contributed by atoms with E-state index < -0.39 is 5.60 Å². The number of nitrogens with one attached hydrogen (secondary N) is 1. The lowest BCUT2D eigenvalue weighted by Crippen LogP contribution is -2.53. The molecule has 0 amide bonds. The van der Waals surface area contributed by atoms with E-state index in [4.69, 9.17) is 4.74 Å². The van der Waals surface area contributed by atoms with Gasteiger partial charge in [-0.25, -0.2) is 0 Å². The van der Waals surface area contributed by atoms with E-state index in [1.807, 2.05) is 0 Å². The third kappa shape index (κ3) is 3.32. The van der Waals surface area contributed by atoms with Crippen LogP contribution in [0.2, 0.25) is 0 Å². The first-order valence-corrected chi connectivity index (χ1v) is 8.30. The second kappa shape index (κ2) is 5.71. The van der Waals surface area contributed by atoms with Gasteiger partial charge in [0.05, 0.1) is 11.2 Å². The maximum Gasteiger partial charge on any atom is 0.0771 e. The van der Waals surface area contributed by atoms with Crippen molar-refractivity contribution in [3.63, 3.8) is 0 Å². The summed E-state index contributed by atoms with van der Waals surface area (Å²) in [6.07, 6.45) is 13.0. The highest BCUT2D eigenvalue weighted by Gasteiger charge is 2.42. The van der Waals surface area contributed by atoms with Crippen LogP contribution in [-0.2, 0) is 4.74 Å². The number of hydrogen-bond acceptors (Lipinski definition) is 3. The number of hydrogen-bond donors (Lipinski definition) is 2. The molecule has 3 rings (SSSR count). The fourth-order valence-electron chi connectivity index (χ4n) is 4.02. The van der Waals surface area contributed by atoms with Crippen LogP contribution in [0, 0.1) is 0 Å². The Morgan fingerprint density at radius 3 is 2.37 bits per heavy atom. The van der Waals surface area contributed by atoms with Gasteiger partial charge in [-0.2, -0.15) is 0 Å². The number of rotatable bonds is 3. The van der Waals surface area contributed by atoms with Crippen molar-refractivity contribution < 1.29 is 9.84 Å². The smallest absolute Gasteiger partial charge is 0.0771 e. The van der Waals surface area contributed by atoms with E-state index >= 15 is 0 Å².